The molecule has 0 unspecified atom stereocenters. The molecule has 0 aliphatic heterocycles. The molecule has 0 atom stereocenters. The van der Waals surface area contributed by atoms with Crippen molar-refractivity contribution >= 4 is 27.7 Å². The number of nitrogens with zero attached hydrogens (tertiary/aromatic N) is 3. The predicted molar refractivity (Wildman–Crippen MR) is 78.1 cm³/mol. The largest absolute Gasteiger partial charge is 0.400 e. The zero-order valence-corrected chi connectivity index (χ0v) is 12.2. The molecule has 7 nitrogen and oxygen atoms in total. The summed E-state index contributed by atoms with van der Waals surface area (Å²) in [4.78, 5) is 3.85. The number of aliphatic hydroxyl groups is 2. The number of halogens is 1. The third kappa shape index (κ3) is 4.78. The number of benzene rings is 1. The minimum atomic E-state index is 0.0725. The molecule has 0 saturated carbocycles. The third-order valence-corrected chi connectivity index (χ3v) is 2.55. The van der Waals surface area contributed by atoms with Crippen LogP contribution in [0, 0.1) is 0 Å². The zero-order chi connectivity index (χ0) is 14.8. The molecule has 0 amide bonds. The van der Waals surface area contributed by atoms with E-state index in [2.05, 4.69) is 31.1 Å². The predicted octanol–water partition coefficient (Wildman–Crippen LogP) is 0.682. The number of aromatic nitrogens is 3. The summed E-state index contributed by atoms with van der Waals surface area (Å²) in [7, 11) is 2.00. The molecule has 0 radical (unpaired) electrons. The highest BCUT2D eigenvalue weighted by Crippen LogP contribution is 2.28. The molecule has 2 aromatic rings. The van der Waals surface area contributed by atoms with Crippen LogP contribution >= 0.6 is 15.9 Å². The van der Waals surface area contributed by atoms with E-state index in [4.69, 9.17) is 21.7 Å². The number of rotatable bonds is 1. The minimum Gasteiger partial charge on any atom is -0.400 e. The van der Waals surface area contributed by atoms with Crippen molar-refractivity contribution in [3.8, 4) is 11.3 Å². The summed E-state index contributed by atoms with van der Waals surface area (Å²) in [6, 6.07) is 7.56. The first-order chi connectivity index (χ1) is 9.18. The van der Waals surface area contributed by atoms with Gasteiger partial charge in [0.15, 0.2) is 5.82 Å². The Balaban J connectivity index is 0.000000741. The maximum atomic E-state index is 7.00. The highest BCUT2D eigenvalue weighted by atomic mass is 79.9. The molecule has 8 heteroatoms. The number of hydrogen-bond donors (Lipinski definition) is 4. The number of hydrogen-bond acceptors (Lipinski definition) is 7. The summed E-state index contributed by atoms with van der Waals surface area (Å²) >= 11 is 3.40. The second-order valence-corrected chi connectivity index (χ2v) is 3.74. The normalized spacial score (nSPS) is 8.68. The highest BCUT2D eigenvalue weighted by molar-refractivity contribution is 9.10. The molecular weight excluding hydrogens is 314 g/mol. The number of nitrogen functional groups attached to an aromatic ring is 2. The van der Waals surface area contributed by atoms with Gasteiger partial charge >= 0.3 is 0 Å². The van der Waals surface area contributed by atoms with Crippen LogP contribution in [0.1, 0.15) is 0 Å². The second-order valence-electron chi connectivity index (χ2n) is 2.88. The topological polar surface area (TPSA) is 131 Å². The van der Waals surface area contributed by atoms with E-state index >= 15 is 0 Å². The van der Waals surface area contributed by atoms with E-state index in [1.165, 1.54) is 0 Å². The van der Waals surface area contributed by atoms with Gasteiger partial charge in [-0.05, 0) is 6.07 Å². The minimum absolute atomic E-state index is 0.0725. The Bertz CT molecular complexity index is 510. The van der Waals surface area contributed by atoms with Crippen LogP contribution in [0.25, 0.3) is 11.3 Å². The molecule has 6 N–H and O–H groups in total. The van der Waals surface area contributed by atoms with Crippen LogP contribution < -0.4 is 11.5 Å². The molecule has 1 aromatic heterocycles. The van der Waals surface area contributed by atoms with Crippen molar-refractivity contribution in [3.05, 3.63) is 28.7 Å². The van der Waals surface area contributed by atoms with Crippen LogP contribution in [0.4, 0.5) is 11.8 Å². The van der Waals surface area contributed by atoms with Crippen molar-refractivity contribution in [1.29, 1.82) is 0 Å². The summed E-state index contributed by atoms with van der Waals surface area (Å²) in [5.74, 6) is 0.345. The summed E-state index contributed by atoms with van der Waals surface area (Å²) in [5.41, 5.74) is 12.4. The van der Waals surface area contributed by atoms with Gasteiger partial charge in [-0.3, -0.25) is 0 Å². The van der Waals surface area contributed by atoms with E-state index in [1.807, 2.05) is 24.3 Å². The maximum absolute atomic E-state index is 7.00. The lowest BCUT2D eigenvalue weighted by molar-refractivity contribution is 0.399. The standard InChI is InChI=1S/C9H8BrN5.2CH4O/c10-6-4-2-1-3-5(6)7-8(11)13-9(12)15-14-7;2*1-2/h1-4H,(H4,11,12,13,15);2*2H,1H3. The Labute approximate surface area is 119 Å². The Kier molecular flexibility index (Phi) is 8.34. The van der Waals surface area contributed by atoms with Crippen molar-refractivity contribution in [2.45, 2.75) is 0 Å². The first-order valence-electron chi connectivity index (χ1n) is 5.08. The number of nitrogens with two attached hydrogens (primary N) is 2. The third-order valence-electron chi connectivity index (χ3n) is 1.86. The Morgan fingerprint density at radius 1 is 1.00 bits per heavy atom. The molecule has 1 heterocycles. The van der Waals surface area contributed by atoms with Crippen LogP contribution in [0.15, 0.2) is 28.7 Å². The van der Waals surface area contributed by atoms with Crippen LogP contribution in [-0.2, 0) is 0 Å². The molecule has 0 bridgehead atoms. The molecule has 0 spiro atoms. The fourth-order valence-corrected chi connectivity index (χ4v) is 1.67. The van der Waals surface area contributed by atoms with Crippen molar-refractivity contribution in [3.63, 3.8) is 0 Å². The molecular formula is C11H16BrN5O2. The summed E-state index contributed by atoms with van der Waals surface area (Å²) in [5, 5.41) is 21.6. The van der Waals surface area contributed by atoms with Crippen molar-refractivity contribution in [2.75, 3.05) is 25.7 Å². The lowest BCUT2D eigenvalue weighted by atomic mass is 10.1. The van der Waals surface area contributed by atoms with Gasteiger partial charge in [0.25, 0.3) is 0 Å². The summed E-state index contributed by atoms with van der Waals surface area (Å²) < 4.78 is 0.887. The smallest absolute Gasteiger partial charge is 0.242 e. The average Bonchev–Trinajstić information content (AvgIpc) is 2.45. The van der Waals surface area contributed by atoms with Gasteiger partial charge in [0, 0.05) is 24.3 Å². The van der Waals surface area contributed by atoms with Gasteiger partial charge in [-0.15, -0.1) is 10.2 Å². The molecule has 1 aromatic carbocycles. The molecule has 0 aliphatic carbocycles. The fourth-order valence-electron chi connectivity index (χ4n) is 1.20. The quantitative estimate of drug-likeness (QED) is 0.605. The van der Waals surface area contributed by atoms with Gasteiger partial charge in [-0.2, -0.15) is 4.98 Å². The molecule has 2 rings (SSSR count). The van der Waals surface area contributed by atoms with E-state index in [9.17, 15) is 0 Å². The molecule has 19 heavy (non-hydrogen) atoms. The maximum Gasteiger partial charge on any atom is 0.242 e. The Hall–Kier alpha value is -1.77. The van der Waals surface area contributed by atoms with Gasteiger partial charge < -0.3 is 21.7 Å². The SMILES string of the molecule is CO.CO.Nc1nnc(-c2ccccc2Br)c(N)n1. The van der Waals surface area contributed by atoms with Crippen LogP contribution in [-0.4, -0.2) is 39.6 Å². The molecule has 0 fully saturated rings. The van der Waals surface area contributed by atoms with Gasteiger partial charge in [-0.1, -0.05) is 34.1 Å². The fraction of sp³-hybridized carbons (Fsp3) is 0.182. The lowest BCUT2D eigenvalue weighted by Gasteiger charge is -2.04. The highest BCUT2D eigenvalue weighted by Gasteiger charge is 2.09. The van der Waals surface area contributed by atoms with Gasteiger partial charge in [0.1, 0.15) is 5.69 Å². The van der Waals surface area contributed by atoms with Crippen molar-refractivity contribution < 1.29 is 10.2 Å². The van der Waals surface area contributed by atoms with Gasteiger partial charge in [0.2, 0.25) is 5.95 Å². The first kappa shape index (κ1) is 17.2. The first-order valence-corrected chi connectivity index (χ1v) is 5.88. The number of aliphatic hydroxyl groups excluding tert-OH is 2. The summed E-state index contributed by atoms with van der Waals surface area (Å²) in [6.45, 7) is 0. The summed E-state index contributed by atoms with van der Waals surface area (Å²) in [6.07, 6.45) is 0. The van der Waals surface area contributed by atoms with Gasteiger partial charge in [0.05, 0.1) is 0 Å². The van der Waals surface area contributed by atoms with E-state index in [0.717, 1.165) is 24.3 Å². The number of anilines is 2. The van der Waals surface area contributed by atoms with Crippen LogP contribution in [0.5, 0.6) is 0 Å². The van der Waals surface area contributed by atoms with Crippen molar-refractivity contribution in [1.82, 2.24) is 15.2 Å². The second kappa shape index (κ2) is 9.20. The van der Waals surface area contributed by atoms with Crippen LogP contribution in [0.3, 0.4) is 0 Å². The Morgan fingerprint density at radius 3 is 2.11 bits per heavy atom. The molecule has 104 valence electrons. The monoisotopic (exact) mass is 329 g/mol. The molecule has 0 saturated heterocycles. The van der Waals surface area contributed by atoms with E-state index < -0.39 is 0 Å². The zero-order valence-electron chi connectivity index (χ0n) is 10.6. The van der Waals surface area contributed by atoms with E-state index in [-0.39, 0.29) is 11.8 Å². The van der Waals surface area contributed by atoms with E-state index in [0.29, 0.717) is 5.69 Å². The van der Waals surface area contributed by atoms with Crippen LogP contribution in [0.2, 0.25) is 0 Å². The van der Waals surface area contributed by atoms with Crippen molar-refractivity contribution in [2.24, 2.45) is 0 Å². The van der Waals surface area contributed by atoms with E-state index in [1.54, 1.807) is 0 Å². The van der Waals surface area contributed by atoms with Gasteiger partial charge in [-0.25, -0.2) is 0 Å². The molecule has 0 aliphatic rings. The Morgan fingerprint density at radius 2 is 1.58 bits per heavy atom. The lowest BCUT2D eigenvalue weighted by Crippen LogP contribution is -2.04. The average molecular weight is 330 g/mol.